The van der Waals surface area contributed by atoms with Gasteiger partial charge < -0.3 is 11.1 Å². The van der Waals surface area contributed by atoms with Crippen molar-refractivity contribution in [2.24, 2.45) is 0 Å². The molecule has 0 aliphatic rings. The Morgan fingerprint density at radius 2 is 2.31 bits per heavy atom. The molecular formula is C10H9ClFN3S. The van der Waals surface area contributed by atoms with E-state index in [0.717, 1.165) is 11.4 Å². The summed E-state index contributed by atoms with van der Waals surface area (Å²) in [7, 11) is 0. The molecule has 3 nitrogen and oxygen atoms in total. The predicted molar refractivity (Wildman–Crippen MR) is 65.3 cm³/mol. The third-order valence-corrected chi connectivity index (χ3v) is 2.98. The molecular weight excluding hydrogens is 249 g/mol. The van der Waals surface area contributed by atoms with Crippen LogP contribution in [0.4, 0.5) is 15.2 Å². The molecule has 0 atom stereocenters. The van der Waals surface area contributed by atoms with Gasteiger partial charge in [-0.3, -0.25) is 0 Å². The van der Waals surface area contributed by atoms with Crippen LogP contribution in [0.1, 0.15) is 5.69 Å². The maximum atomic E-state index is 12.9. The number of anilines is 2. The second kappa shape index (κ2) is 4.67. The molecule has 3 N–H and O–H groups in total. The third kappa shape index (κ3) is 2.62. The highest BCUT2D eigenvalue weighted by atomic mass is 35.5. The van der Waals surface area contributed by atoms with Crippen LogP contribution in [0, 0.1) is 5.82 Å². The molecule has 2 rings (SSSR count). The lowest BCUT2D eigenvalue weighted by Crippen LogP contribution is -2.00. The van der Waals surface area contributed by atoms with Gasteiger partial charge in [0, 0.05) is 11.1 Å². The maximum absolute atomic E-state index is 12.9. The van der Waals surface area contributed by atoms with Gasteiger partial charge >= 0.3 is 0 Å². The van der Waals surface area contributed by atoms with Crippen LogP contribution >= 0.6 is 22.9 Å². The largest absolute Gasteiger partial charge is 0.379 e. The first kappa shape index (κ1) is 11.2. The van der Waals surface area contributed by atoms with E-state index < -0.39 is 5.82 Å². The van der Waals surface area contributed by atoms with Crippen molar-refractivity contribution in [2.45, 2.75) is 6.54 Å². The highest BCUT2D eigenvalue weighted by molar-refractivity contribution is 7.13. The van der Waals surface area contributed by atoms with E-state index in [1.807, 2.05) is 5.38 Å². The van der Waals surface area contributed by atoms with E-state index in [9.17, 15) is 4.39 Å². The molecule has 0 fully saturated rings. The Kier molecular flexibility index (Phi) is 3.26. The molecule has 0 bridgehead atoms. The number of hydrogen-bond acceptors (Lipinski definition) is 4. The Bertz CT molecular complexity index is 501. The Balaban J connectivity index is 2.02. The zero-order chi connectivity index (χ0) is 11.5. The molecule has 0 unspecified atom stereocenters. The average Bonchev–Trinajstić information content (AvgIpc) is 2.66. The lowest BCUT2D eigenvalue weighted by atomic mass is 10.3. The Labute approximate surface area is 101 Å². The highest BCUT2D eigenvalue weighted by Crippen LogP contribution is 2.20. The van der Waals surface area contributed by atoms with Crippen LogP contribution in [0.2, 0.25) is 5.02 Å². The van der Waals surface area contributed by atoms with Gasteiger partial charge in [-0.05, 0) is 18.2 Å². The smallest absolute Gasteiger partial charge is 0.180 e. The molecule has 16 heavy (non-hydrogen) atoms. The standard InChI is InChI=1S/C10H9ClFN3S/c11-8-3-6(1-2-9(8)12)14-4-7-5-16-10(13)15-7/h1-3,5,14H,4H2,(H2,13,15). The zero-order valence-electron chi connectivity index (χ0n) is 8.21. The van der Waals surface area contributed by atoms with E-state index in [1.54, 1.807) is 6.07 Å². The number of nitrogens with two attached hydrogens (primary N) is 1. The molecule has 0 amide bonds. The lowest BCUT2D eigenvalue weighted by molar-refractivity contribution is 0.628. The second-order valence-electron chi connectivity index (χ2n) is 3.16. The van der Waals surface area contributed by atoms with Crippen LogP contribution in [-0.2, 0) is 6.54 Å². The van der Waals surface area contributed by atoms with Crippen molar-refractivity contribution < 1.29 is 4.39 Å². The predicted octanol–water partition coefficient (Wildman–Crippen LogP) is 3.13. The number of halogens is 2. The molecule has 2 aromatic rings. The molecule has 0 spiro atoms. The molecule has 0 saturated carbocycles. The molecule has 84 valence electrons. The number of aromatic nitrogens is 1. The van der Waals surface area contributed by atoms with Crippen molar-refractivity contribution in [2.75, 3.05) is 11.1 Å². The van der Waals surface area contributed by atoms with E-state index in [0.29, 0.717) is 11.7 Å². The SMILES string of the molecule is Nc1nc(CNc2ccc(F)c(Cl)c2)cs1. The second-order valence-corrected chi connectivity index (χ2v) is 4.46. The molecule has 0 saturated heterocycles. The normalized spacial score (nSPS) is 10.4. The maximum Gasteiger partial charge on any atom is 0.180 e. The van der Waals surface area contributed by atoms with Crippen molar-refractivity contribution >= 4 is 33.8 Å². The number of benzene rings is 1. The van der Waals surface area contributed by atoms with Crippen molar-refractivity contribution in [1.82, 2.24) is 4.98 Å². The summed E-state index contributed by atoms with van der Waals surface area (Å²) in [5, 5.41) is 5.58. The first-order chi connectivity index (χ1) is 7.65. The number of nitrogen functional groups attached to an aromatic ring is 1. The number of thiazole rings is 1. The van der Waals surface area contributed by atoms with Gasteiger partial charge in [0.15, 0.2) is 5.13 Å². The van der Waals surface area contributed by atoms with Gasteiger partial charge in [-0.25, -0.2) is 9.37 Å². The van der Waals surface area contributed by atoms with Crippen molar-refractivity contribution in [3.8, 4) is 0 Å². The molecule has 0 aliphatic heterocycles. The Morgan fingerprint density at radius 3 is 2.94 bits per heavy atom. The summed E-state index contributed by atoms with van der Waals surface area (Å²) >= 11 is 7.04. The van der Waals surface area contributed by atoms with Crippen LogP contribution in [0.25, 0.3) is 0 Å². The van der Waals surface area contributed by atoms with Gasteiger partial charge in [0.1, 0.15) is 5.82 Å². The number of nitrogens with zero attached hydrogens (tertiary/aromatic N) is 1. The van der Waals surface area contributed by atoms with Crippen LogP contribution in [-0.4, -0.2) is 4.98 Å². The summed E-state index contributed by atoms with van der Waals surface area (Å²) in [4.78, 5) is 4.09. The fraction of sp³-hybridized carbons (Fsp3) is 0.100. The van der Waals surface area contributed by atoms with E-state index in [1.165, 1.54) is 23.5 Å². The quantitative estimate of drug-likeness (QED) is 0.888. The van der Waals surface area contributed by atoms with Crippen molar-refractivity contribution in [1.29, 1.82) is 0 Å². The van der Waals surface area contributed by atoms with E-state index >= 15 is 0 Å². The average molecular weight is 258 g/mol. The highest BCUT2D eigenvalue weighted by Gasteiger charge is 2.02. The molecule has 0 aliphatic carbocycles. The van der Waals surface area contributed by atoms with Gasteiger partial charge in [0.05, 0.1) is 17.3 Å². The van der Waals surface area contributed by atoms with Crippen LogP contribution in [0.5, 0.6) is 0 Å². The van der Waals surface area contributed by atoms with Gasteiger partial charge in [0.2, 0.25) is 0 Å². The molecule has 0 radical (unpaired) electrons. The fourth-order valence-electron chi connectivity index (χ4n) is 1.20. The summed E-state index contributed by atoms with van der Waals surface area (Å²) in [6.45, 7) is 0.537. The van der Waals surface area contributed by atoms with Crippen molar-refractivity contribution in [3.05, 3.63) is 40.1 Å². The van der Waals surface area contributed by atoms with E-state index in [2.05, 4.69) is 10.3 Å². The molecule has 1 heterocycles. The lowest BCUT2D eigenvalue weighted by Gasteiger charge is -2.04. The first-order valence-corrected chi connectivity index (χ1v) is 5.80. The minimum absolute atomic E-state index is 0.0998. The van der Waals surface area contributed by atoms with Crippen molar-refractivity contribution in [3.63, 3.8) is 0 Å². The monoisotopic (exact) mass is 257 g/mol. The van der Waals surface area contributed by atoms with Gasteiger partial charge in [-0.2, -0.15) is 0 Å². The molecule has 1 aromatic carbocycles. The van der Waals surface area contributed by atoms with Crippen LogP contribution < -0.4 is 11.1 Å². The number of nitrogens with one attached hydrogen (secondary N) is 1. The Hall–Kier alpha value is -1.33. The van der Waals surface area contributed by atoms with E-state index in [-0.39, 0.29) is 5.02 Å². The molecule has 6 heteroatoms. The van der Waals surface area contributed by atoms with Crippen LogP contribution in [0.3, 0.4) is 0 Å². The molecule has 1 aromatic heterocycles. The minimum Gasteiger partial charge on any atom is -0.379 e. The van der Waals surface area contributed by atoms with Gasteiger partial charge in [-0.15, -0.1) is 11.3 Å². The third-order valence-electron chi connectivity index (χ3n) is 1.96. The summed E-state index contributed by atoms with van der Waals surface area (Å²) in [6, 6.07) is 4.48. The van der Waals surface area contributed by atoms with Gasteiger partial charge in [0.25, 0.3) is 0 Å². The summed E-state index contributed by atoms with van der Waals surface area (Å²) in [6.07, 6.45) is 0. The number of hydrogen-bond donors (Lipinski definition) is 2. The summed E-state index contributed by atoms with van der Waals surface area (Å²) in [5.74, 6) is -0.426. The topological polar surface area (TPSA) is 50.9 Å². The van der Waals surface area contributed by atoms with E-state index in [4.69, 9.17) is 17.3 Å². The number of rotatable bonds is 3. The summed E-state index contributed by atoms with van der Waals surface area (Å²) < 4.78 is 12.9. The zero-order valence-corrected chi connectivity index (χ0v) is 9.78. The van der Waals surface area contributed by atoms with Gasteiger partial charge in [-0.1, -0.05) is 11.6 Å². The summed E-state index contributed by atoms with van der Waals surface area (Å²) in [5.41, 5.74) is 7.10. The fourth-order valence-corrected chi connectivity index (χ4v) is 1.95. The Morgan fingerprint density at radius 1 is 1.50 bits per heavy atom. The van der Waals surface area contributed by atoms with Crippen LogP contribution in [0.15, 0.2) is 23.6 Å². The minimum atomic E-state index is -0.426. The first-order valence-electron chi connectivity index (χ1n) is 4.54.